The fourth-order valence-electron chi connectivity index (χ4n) is 10.7. The first-order chi connectivity index (χ1) is 37.2. The van der Waals surface area contributed by atoms with Crippen LogP contribution in [0.3, 0.4) is 0 Å². The Labute approximate surface area is 428 Å². The lowest BCUT2D eigenvalue weighted by molar-refractivity contribution is 0.669. The maximum atomic E-state index is 6.23. The number of aromatic nitrogens is 9. The van der Waals surface area contributed by atoms with Crippen molar-refractivity contribution in [2.75, 3.05) is 0 Å². The molecule has 0 N–H and O–H groups in total. The van der Waals surface area contributed by atoms with E-state index in [1.54, 1.807) is 6.20 Å². The summed E-state index contributed by atoms with van der Waals surface area (Å²) in [5.74, 6) is 2.94. The first-order valence-corrected chi connectivity index (χ1v) is 24.8. The second-order valence-corrected chi connectivity index (χ2v) is 18.6. The lowest BCUT2D eigenvalue weighted by Crippen LogP contribution is -2.06. The summed E-state index contributed by atoms with van der Waals surface area (Å²) in [7, 11) is 0. The highest BCUT2D eigenvalue weighted by molar-refractivity contribution is 6.24. The predicted octanol–water partition coefficient (Wildman–Crippen LogP) is 15.5. The zero-order valence-corrected chi connectivity index (χ0v) is 39.9. The molecule has 0 aliphatic rings. The van der Waals surface area contributed by atoms with Gasteiger partial charge < -0.3 is 4.42 Å². The highest BCUT2D eigenvalue weighted by Gasteiger charge is 2.25. The van der Waals surface area contributed by atoms with Crippen molar-refractivity contribution in [2.45, 2.75) is 0 Å². The molecule has 0 saturated heterocycles. The maximum absolute atomic E-state index is 6.23. The van der Waals surface area contributed by atoms with Gasteiger partial charge >= 0.3 is 0 Å². The monoisotopic (exact) mass is 961 g/mol. The van der Waals surface area contributed by atoms with Crippen molar-refractivity contribution >= 4 is 65.6 Å². The van der Waals surface area contributed by atoms with Gasteiger partial charge in [-0.05, 0) is 82.9 Å². The van der Waals surface area contributed by atoms with Gasteiger partial charge in [-0.2, -0.15) is 0 Å². The highest BCUT2D eigenvalue weighted by atomic mass is 16.3. The number of hydrogen-bond acceptors (Lipinski definition) is 8. The van der Waals surface area contributed by atoms with E-state index < -0.39 is 0 Å². The topological polar surface area (TPSA) is 113 Å². The van der Waals surface area contributed by atoms with E-state index in [-0.39, 0.29) is 0 Å². The van der Waals surface area contributed by atoms with Crippen LogP contribution in [0, 0.1) is 0 Å². The largest absolute Gasteiger partial charge is 0.456 e. The van der Waals surface area contributed by atoms with Crippen LogP contribution >= 0.6 is 0 Å². The van der Waals surface area contributed by atoms with Crippen molar-refractivity contribution < 1.29 is 4.42 Å². The van der Waals surface area contributed by atoms with Crippen LogP contribution in [-0.2, 0) is 0 Å². The highest BCUT2D eigenvalue weighted by Crippen LogP contribution is 2.44. The third-order valence-electron chi connectivity index (χ3n) is 14.2. The van der Waals surface area contributed by atoms with E-state index >= 15 is 0 Å². The van der Waals surface area contributed by atoms with Crippen molar-refractivity contribution in [1.82, 2.24) is 44.0 Å². The Hall–Kier alpha value is -10.5. The minimum Gasteiger partial charge on any atom is -0.456 e. The number of fused-ring (bicyclic) bond motifs is 10. The van der Waals surface area contributed by atoms with Crippen LogP contribution in [0.25, 0.3) is 145 Å². The van der Waals surface area contributed by atoms with Crippen molar-refractivity contribution in [1.29, 1.82) is 0 Å². The SMILES string of the molecule is c1ccc(-c2ccc3c(c2)c2ccc4c5cc(-c6ccccc6)ccc5n(-c5nccc(-c6ccc7oc8ccccc8c7c6)n5)c4c2n3-c2ccnc(-c3nc(-c4ccccc4)nc(-c4ccccc4)n3)n2)cc1. The summed E-state index contributed by atoms with van der Waals surface area (Å²) in [6.07, 6.45) is 3.64. The summed E-state index contributed by atoms with van der Waals surface area (Å²) in [5, 5.41) is 6.28. The minimum atomic E-state index is 0.358. The molecule has 0 radical (unpaired) electrons. The number of nitrogens with zero attached hydrogens (tertiary/aromatic N) is 9. The van der Waals surface area contributed by atoms with Crippen molar-refractivity contribution in [3.8, 4) is 79.7 Å². The van der Waals surface area contributed by atoms with Crippen molar-refractivity contribution in [3.05, 3.63) is 237 Å². The molecule has 9 aromatic carbocycles. The van der Waals surface area contributed by atoms with Gasteiger partial charge in [0.2, 0.25) is 11.8 Å². The average molecular weight is 962 g/mol. The third kappa shape index (κ3) is 7.07. The molecule has 0 bridgehead atoms. The van der Waals surface area contributed by atoms with E-state index in [1.807, 2.05) is 115 Å². The molecule has 6 heterocycles. The fourth-order valence-corrected chi connectivity index (χ4v) is 10.7. The molecule has 10 heteroatoms. The zero-order valence-electron chi connectivity index (χ0n) is 39.9. The predicted molar refractivity (Wildman–Crippen MR) is 300 cm³/mol. The summed E-state index contributed by atoms with van der Waals surface area (Å²) >= 11 is 0. The van der Waals surface area contributed by atoms with E-state index in [1.165, 1.54) is 0 Å². The number of benzene rings is 9. The Morgan fingerprint density at radius 2 is 0.800 bits per heavy atom. The number of rotatable bonds is 8. The number of para-hydroxylation sites is 1. The standard InChI is InChI=1S/C65H39N9O/c1-5-15-40(16-6-1)44-25-30-54-50(37-44)48-28-29-49-51-38-45(41-17-7-2-8-18-41)26-31-55(51)74(65-67-35-33-53(68-65)46-27-32-57-52(39-46)47-23-13-14-24-56(47)75-57)60(49)59(48)73(54)58-34-36-66-63(69-58)64-71-61(42-19-9-3-10-20-42)70-62(72-64)43-21-11-4-12-22-43/h1-39H. The lowest BCUT2D eigenvalue weighted by atomic mass is 10.0. The molecular weight excluding hydrogens is 923 g/mol. The minimum absolute atomic E-state index is 0.358. The first kappa shape index (κ1) is 42.3. The second-order valence-electron chi connectivity index (χ2n) is 18.6. The van der Waals surface area contributed by atoms with E-state index in [9.17, 15) is 0 Å². The first-order valence-electron chi connectivity index (χ1n) is 24.8. The van der Waals surface area contributed by atoms with Gasteiger partial charge in [0, 0.05) is 61.4 Å². The zero-order chi connectivity index (χ0) is 49.4. The molecule has 0 unspecified atom stereocenters. The molecule has 0 atom stereocenters. The molecule has 15 rings (SSSR count). The van der Waals surface area contributed by atoms with Crippen molar-refractivity contribution in [2.24, 2.45) is 0 Å². The Morgan fingerprint density at radius 1 is 0.293 bits per heavy atom. The molecule has 0 saturated carbocycles. The van der Waals surface area contributed by atoms with Gasteiger partial charge in [0.15, 0.2) is 17.5 Å². The molecule has 0 amide bonds. The molecule has 10 nitrogen and oxygen atoms in total. The van der Waals surface area contributed by atoms with Gasteiger partial charge in [0.25, 0.3) is 0 Å². The summed E-state index contributed by atoms with van der Waals surface area (Å²) in [6, 6.07) is 77.1. The molecular formula is C65H39N9O. The summed E-state index contributed by atoms with van der Waals surface area (Å²) in [5.41, 5.74) is 13.4. The van der Waals surface area contributed by atoms with Crippen LogP contribution < -0.4 is 0 Å². The number of furan rings is 1. The van der Waals surface area contributed by atoms with Crippen LogP contribution in [-0.4, -0.2) is 44.0 Å². The van der Waals surface area contributed by atoms with Gasteiger partial charge in [0.05, 0.1) is 27.8 Å². The van der Waals surface area contributed by atoms with Gasteiger partial charge in [-0.3, -0.25) is 9.13 Å². The lowest BCUT2D eigenvalue weighted by Gasteiger charge is -2.12. The second kappa shape index (κ2) is 17.1. The third-order valence-corrected chi connectivity index (χ3v) is 14.2. The van der Waals surface area contributed by atoms with Gasteiger partial charge in [-0.25, -0.2) is 34.9 Å². The Morgan fingerprint density at radius 3 is 1.44 bits per heavy atom. The molecule has 75 heavy (non-hydrogen) atoms. The van der Waals surface area contributed by atoms with E-state index in [0.29, 0.717) is 35.1 Å². The van der Waals surface area contributed by atoms with Crippen molar-refractivity contribution in [3.63, 3.8) is 0 Å². The Bertz CT molecular complexity index is 4650. The summed E-state index contributed by atoms with van der Waals surface area (Å²) in [4.78, 5) is 35.8. The molecule has 0 aliphatic carbocycles. The van der Waals surface area contributed by atoms with Gasteiger partial charge in [-0.15, -0.1) is 0 Å². The van der Waals surface area contributed by atoms with Crippen LogP contribution in [0.4, 0.5) is 0 Å². The van der Waals surface area contributed by atoms with Gasteiger partial charge in [-0.1, -0.05) is 164 Å². The van der Waals surface area contributed by atoms with Gasteiger partial charge in [0.1, 0.15) is 17.0 Å². The fraction of sp³-hybridized carbons (Fsp3) is 0. The normalized spacial score (nSPS) is 11.7. The van der Waals surface area contributed by atoms with E-state index in [2.05, 4.69) is 124 Å². The smallest absolute Gasteiger partial charge is 0.235 e. The summed E-state index contributed by atoms with van der Waals surface area (Å²) in [6.45, 7) is 0. The maximum Gasteiger partial charge on any atom is 0.235 e. The van der Waals surface area contributed by atoms with Crippen LogP contribution in [0.5, 0.6) is 0 Å². The van der Waals surface area contributed by atoms with Crippen LogP contribution in [0.2, 0.25) is 0 Å². The van der Waals surface area contributed by atoms with E-state index in [4.69, 9.17) is 39.3 Å². The molecule has 0 spiro atoms. The summed E-state index contributed by atoms with van der Waals surface area (Å²) < 4.78 is 10.7. The molecule has 0 aliphatic heterocycles. The quantitative estimate of drug-likeness (QED) is 0.148. The number of hydrogen-bond donors (Lipinski definition) is 0. The Kier molecular flexibility index (Phi) is 9.64. The van der Waals surface area contributed by atoms with E-state index in [0.717, 1.165) is 110 Å². The molecule has 350 valence electrons. The molecule has 6 aromatic heterocycles. The average Bonchev–Trinajstić information content (AvgIpc) is 4.23. The van der Waals surface area contributed by atoms with Crippen LogP contribution in [0.1, 0.15) is 0 Å². The molecule has 0 fully saturated rings. The van der Waals surface area contributed by atoms with Crippen LogP contribution in [0.15, 0.2) is 241 Å². The molecule has 15 aromatic rings. The Balaban J connectivity index is 1.01.